The number of aryl methyl sites for hydroxylation is 3. The minimum Gasteiger partial charge on any atom is -0.361 e. The summed E-state index contributed by atoms with van der Waals surface area (Å²) in [6.07, 6.45) is 6.47. The minimum atomic E-state index is 0.675. The molecule has 0 fully saturated rings. The molecule has 0 aromatic carbocycles. The van der Waals surface area contributed by atoms with Gasteiger partial charge in [-0.15, -0.1) is 0 Å². The molecule has 126 valence electrons. The number of nitrogens with one attached hydrogen (secondary N) is 2. The second-order valence-electron chi connectivity index (χ2n) is 5.21. The molecular formula is C16H26N6O. The van der Waals surface area contributed by atoms with E-state index in [0.717, 1.165) is 55.3 Å². The number of aliphatic imine (C=N–C) groups is 1. The number of rotatable bonds is 8. The van der Waals surface area contributed by atoms with Crippen molar-refractivity contribution in [1.82, 2.24) is 25.6 Å². The molecular weight excluding hydrogens is 292 g/mol. The Labute approximate surface area is 137 Å². The van der Waals surface area contributed by atoms with Gasteiger partial charge >= 0.3 is 0 Å². The fourth-order valence-corrected chi connectivity index (χ4v) is 2.41. The van der Waals surface area contributed by atoms with Crippen LogP contribution >= 0.6 is 0 Å². The van der Waals surface area contributed by atoms with Crippen molar-refractivity contribution < 1.29 is 4.52 Å². The summed E-state index contributed by atoms with van der Waals surface area (Å²) in [6.45, 7) is 6.57. The standard InChI is InChI=1S/C16H26N6O/c1-4-14-13(15(5-2)23-21-14)12-19-16(17-3)18-8-6-10-22-11-7-9-20-22/h7,9,11H,4-6,8,10,12H2,1-3H3,(H2,17,18,19). The first-order valence-electron chi connectivity index (χ1n) is 8.16. The molecule has 2 rings (SSSR count). The van der Waals surface area contributed by atoms with Crippen molar-refractivity contribution in [1.29, 1.82) is 0 Å². The van der Waals surface area contributed by atoms with E-state index in [0.29, 0.717) is 6.54 Å². The highest BCUT2D eigenvalue weighted by atomic mass is 16.5. The molecule has 0 aliphatic heterocycles. The van der Waals surface area contributed by atoms with Gasteiger partial charge in [-0.3, -0.25) is 9.67 Å². The molecule has 2 aromatic heterocycles. The molecule has 2 aromatic rings. The van der Waals surface area contributed by atoms with Crippen molar-refractivity contribution in [3.8, 4) is 0 Å². The van der Waals surface area contributed by atoms with Crippen LogP contribution in [0.15, 0.2) is 28.0 Å². The van der Waals surface area contributed by atoms with E-state index in [2.05, 4.69) is 39.7 Å². The van der Waals surface area contributed by atoms with Crippen LogP contribution in [0, 0.1) is 0 Å². The zero-order valence-electron chi connectivity index (χ0n) is 14.2. The topological polar surface area (TPSA) is 80.3 Å². The molecule has 0 aliphatic rings. The van der Waals surface area contributed by atoms with Crippen LogP contribution in [-0.2, 0) is 25.9 Å². The molecule has 0 unspecified atom stereocenters. The average molecular weight is 318 g/mol. The van der Waals surface area contributed by atoms with Crippen molar-refractivity contribution in [3.05, 3.63) is 35.5 Å². The van der Waals surface area contributed by atoms with Gasteiger partial charge in [-0.2, -0.15) is 5.10 Å². The Morgan fingerprint density at radius 2 is 2.17 bits per heavy atom. The Kier molecular flexibility index (Phi) is 6.65. The molecule has 0 saturated carbocycles. The summed E-state index contributed by atoms with van der Waals surface area (Å²) in [6, 6.07) is 1.93. The lowest BCUT2D eigenvalue weighted by Gasteiger charge is -2.12. The van der Waals surface area contributed by atoms with Gasteiger partial charge in [0.05, 0.1) is 5.69 Å². The van der Waals surface area contributed by atoms with E-state index in [4.69, 9.17) is 4.52 Å². The first kappa shape index (κ1) is 17.1. The predicted molar refractivity (Wildman–Crippen MR) is 90.3 cm³/mol. The van der Waals surface area contributed by atoms with Gasteiger partial charge in [0, 0.05) is 51.1 Å². The van der Waals surface area contributed by atoms with E-state index in [1.165, 1.54) is 0 Å². The zero-order chi connectivity index (χ0) is 16.5. The van der Waals surface area contributed by atoms with Crippen LogP contribution in [-0.4, -0.2) is 34.5 Å². The second kappa shape index (κ2) is 8.97. The third-order valence-electron chi connectivity index (χ3n) is 3.68. The van der Waals surface area contributed by atoms with Crippen molar-refractivity contribution in [3.63, 3.8) is 0 Å². The molecule has 0 saturated heterocycles. The molecule has 23 heavy (non-hydrogen) atoms. The monoisotopic (exact) mass is 318 g/mol. The normalized spacial score (nSPS) is 11.7. The third-order valence-corrected chi connectivity index (χ3v) is 3.68. The van der Waals surface area contributed by atoms with Crippen LogP contribution in [0.5, 0.6) is 0 Å². The number of nitrogens with zero attached hydrogens (tertiary/aromatic N) is 4. The fraction of sp³-hybridized carbons (Fsp3) is 0.562. The van der Waals surface area contributed by atoms with Crippen molar-refractivity contribution >= 4 is 5.96 Å². The Balaban J connectivity index is 1.77. The highest BCUT2D eigenvalue weighted by molar-refractivity contribution is 5.79. The van der Waals surface area contributed by atoms with Crippen LogP contribution in [0.4, 0.5) is 0 Å². The van der Waals surface area contributed by atoms with Gasteiger partial charge in [0.25, 0.3) is 0 Å². The maximum atomic E-state index is 5.38. The summed E-state index contributed by atoms with van der Waals surface area (Å²) in [5, 5.41) is 15.0. The molecule has 7 heteroatoms. The first-order valence-corrected chi connectivity index (χ1v) is 8.16. The molecule has 2 heterocycles. The van der Waals surface area contributed by atoms with E-state index in [-0.39, 0.29) is 0 Å². The first-order chi connectivity index (χ1) is 11.3. The lowest BCUT2D eigenvalue weighted by atomic mass is 10.1. The maximum Gasteiger partial charge on any atom is 0.191 e. The van der Waals surface area contributed by atoms with E-state index < -0.39 is 0 Å². The fourth-order valence-electron chi connectivity index (χ4n) is 2.41. The summed E-state index contributed by atoms with van der Waals surface area (Å²) >= 11 is 0. The number of hydrogen-bond acceptors (Lipinski definition) is 4. The SMILES string of the molecule is CCc1noc(CC)c1CNC(=NC)NCCCn1cccn1. The smallest absolute Gasteiger partial charge is 0.191 e. The predicted octanol–water partition coefficient (Wildman–Crippen LogP) is 1.75. The molecule has 0 radical (unpaired) electrons. The summed E-state index contributed by atoms with van der Waals surface area (Å²) in [7, 11) is 1.78. The number of aromatic nitrogens is 3. The second-order valence-corrected chi connectivity index (χ2v) is 5.21. The molecule has 7 nitrogen and oxygen atoms in total. The van der Waals surface area contributed by atoms with Crippen molar-refractivity contribution in [2.45, 2.75) is 46.2 Å². The van der Waals surface area contributed by atoms with Crippen LogP contribution in [0.3, 0.4) is 0 Å². The van der Waals surface area contributed by atoms with Gasteiger partial charge in [0.2, 0.25) is 0 Å². The van der Waals surface area contributed by atoms with Crippen LogP contribution in [0.25, 0.3) is 0 Å². The molecule has 0 amide bonds. The van der Waals surface area contributed by atoms with E-state index in [1.54, 1.807) is 13.2 Å². The number of hydrogen-bond donors (Lipinski definition) is 2. The van der Waals surface area contributed by atoms with Gasteiger partial charge in [-0.25, -0.2) is 0 Å². The third kappa shape index (κ3) is 4.84. The Bertz CT molecular complexity index is 581. The lowest BCUT2D eigenvalue weighted by Crippen LogP contribution is -2.37. The quantitative estimate of drug-likeness (QED) is 0.440. The summed E-state index contributed by atoms with van der Waals surface area (Å²) in [5.74, 6) is 1.74. The highest BCUT2D eigenvalue weighted by Crippen LogP contribution is 2.15. The van der Waals surface area contributed by atoms with Gasteiger partial charge in [-0.1, -0.05) is 19.0 Å². The summed E-state index contributed by atoms with van der Waals surface area (Å²) in [4.78, 5) is 4.25. The van der Waals surface area contributed by atoms with Crippen LogP contribution in [0.2, 0.25) is 0 Å². The summed E-state index contributed by atoms with van der Waals surface area (Å²) < 4.78 is 7.31. The van der Waals surface area contributed by atoms with Crippen molar-refractivity contribution in [2.75, 3.05) is 13.6 Å². The molecule has 0 bridgehead atoms. The minimum absolute atomic E-state index is 0.675. The van der Waals surface area contributed by atoms with Gasteiger partial charge in [0.15, 0.2) is 5.96 Å². The molecule has 0 atom stereocenters. The molecule has 0 aliphatic carbocycles. The Morgan fingerprint density at radius 1 is 1.30 bits per heavy atom. The van der Waals surface area contributed by atoms with Crippen LogP contribution in [0.1, 0.15) is 37.3 Å². The maximum absolute atomic E-state index is 5.38. The lowest BCUT2D eigenvalue weighted by molar-refractivity contribution is 0.380. The molecule has 2 N–H and O–H groups in total. The van der Waals surface area contributed by atoms with Crippen LogP contribution < -0.4 is 10.6 Å². The number of guanidine groups is 1. The van der Waals surface area contributed by atoms with Gasteiger partial charge in [0.1, 0.15) is 5.76 Å². The van der Waals surface area contributed by atoms with E-state index in [1.807, 2.05) is 16.9 Å². The van der Waals surface area contributed by atoms with E-state index >= 15 is 0 Å². The zero-order valence-corrected chi connectivity index (χ0v) is 14.2. The van der Waals surface area contributed by atoms with Crippen molar-refractivity contribution in [2.24, 2.45) is 4.99 Å². The van der Waals surface area contributed by atoms with E-state index in [9.17, 15) is 0 Å². The Hall–Kier alpha value is -2.31. The average Bonchev–Trinajstić information content (AvgIpc) is 3.23. The molecule has 0 spiro atoms. The Morgan fingerprint density at radius 3 is 2.83 bits per heavy atom. The van der Waals surface area contributed by atoms with Gasteiger partial charge < -0.3 is 15.2 Å². The largest absolute Gasteiger partial charge is 0.361 e. The highest BCUT2D eigenvalue weighted by Gasteiger charge is 2.13. The van der Waals surface area contributed by atoms with Gasteiger partial charge in [-0.05, 0) is 18.9 Å². The summed E-state index contributed by atoms with van der Waals surface area (Å²) in [5.41, 5.74) is 2.16.